The standard InChI is InChI=1S/C7H11FN2O/c1-5-3-6(7(11)4-8)9-10(5)2/h3,7,11H,4H2,1-2H3. The molecule has 0 radical (unpaired) electrons. The van der Waals surface area contributed by atoms with E-state index in [4.69, 9.17) is 5.11 Å². The second-order valence-corrected chi connectivity index (χ2v) is 2.50. The van der Waals surface area contributed by atoms with Gasteiger partial charge in [-0.25, -0.2) is 4.39 Å². The van der Waals surface area contributed by atoms with Gasteiger partial charge in [-0.05, 0) is 13.0 Å². The van der Waals surface area contributed by atoms with Crippen LogP contribution in [0.15, 0.2) is 6.07 Å². The van der Waals surface area contributed by atoms with E-state index >= 15 is 0 Å². The number of aliphatic hydroxyl groups excluding tert-OH is 1. The van der Waals surface area contributed by atoms with E-state index in [0.717, 1.165) is 5.69 Å². The lowest BCUT2D eigenvalue weighted by atomic mass is 10.2. The maximum atomic E-state index is 11.9. The molecule has 0 saturated carbocycles. The molecule has 1 unspecified atom stereocenters. The maximum absolute atomic E-state index is 11.9. The van der Waals surface area contributed by atoms with Gasteiger partial charge in [-0.2, -0.15) is 5.10 Å². The zero-order valence-corrected chi connectivity index (χ0v) is 6.58. The van der Waals surface area contributed by atoms with E-state index in [1.165, 1.54) is 0 Å². The Morgan fingerprint density at radius 1 is 1.82 bits per heavy atom. The lowest BCUT2D eigenvalue weighted by Gasteiger charge is -1.98. The van der Waals surface area contributed by atoms with E-state index < -0.39 is 12.8 Å². The molecule has 0 aliphatic carbocycles. The fourth-order valence-corrected chi connectivity index (χ4v) is 0.830. The molecule has 11 heavy (non-hydrogen) atoms. The number of hydrogen-bond acceptors (Lipinski definition) is 2. The average Bonchev–Trinajstić information content (AvgIpc) is 2.31. The summed E-state index contributed by atoms with van der Waals surface area (Å²) in [5, 5.41) is 12.9. The number of halogens is 1. The lowest BCUT2D eigenvalue weighted by molar-refractivity contribution is 0.137. The quantitative estimate of drug-likeness (QED) is 0.689. The molecule has 0 saturated heterocycles. The van der Waals surface area contributed by atoms with Crippen LogP contribution in [-0.4, -0.2) is 21.6 Å². The highest BCUT2D eigenvalue weighted by molar-refractivity contribution is 5.10. The van der Waals surface area contributed by atoms with Gasteiger partial charge in [-0.15, -0.1) is 0 Å². The van der Waals surface area contributed by atoms with E-state index in [1.54, 1.807) is 17.8 Å². The minimum atomic E-state index is -1.07. The van der Waals surface area contributed by atoms with Gasteiger partial charge in [0.2, 0.25) is 0 Å². The Hall–Kier alpha value is -0.900. The monoisotopic (exact) mass is 158 g/mol. The van der Waals surface area contributed by atoms with Crippen LogP contribution in [0.1, 0.15) is 17.5 Å². The highest BCUT2D eigenvalue weighted by atomic mass is 19.1. The molecule has 62 valence electrons. The van der Waals surface area contributed by atoms with Crippen molar-refractivity contribution in [3.05, 3.63) is 17.5 Å². The van der Waals surface area contributed by atoms with E-state index in [1.807, 2.05) is 6.92 Å². The van der Waals surface area contributed by atoms with Crippen LogP contribution >= 0.6 is 0 Å². The largest absolute Gasteiger partial charge is 0.384 e. The van der Waals surface area contributed by atoms with E-state index in [-0.39, 0.29) is 0 Å². The van der Waals surface area contributed by atoms with Crippen LogP contribution in [0, 0.1) is 6.92 Å². The summed E-state index contributed by atoms with van der Waals surface area (Å²) in [5.74, 6) is 0. The van der Waals surface area contributed by atoms with E-state index in [2.05, 4.69) is 5.10 Å². The Morgan fingerprint density at radius 3 is 2.82 bits per heavy atom. The van der Waals surface area contributed by atoms with E-state index in [9.17, 15) is 4.39 Å². The third kappa shape index (κ3) is 1.57. The van der Waals surface area contributed by atoms with Gasteiger partial charge in [-0.3, -0.25) is 4.68 Å². The Kier molecular flexibility index (Phi) is 2.24. The first-order chi connectivity index (χ1) is 5.15. The highest BCUT2D eigenvalue weighted by Crippen LogP contribution is 2.11. The summed E-state index contributed by atoms with van der Waals surface area (Å²) >= 11 is 0. The first-order valence-electron chi connectivity index (χ1n) is 3.39. The van der Waals surface area contributed by atoms with Crippen molar-refractivity contribution in [1.29, 1.82) is 0 Å². The molecule has 1 atom stereocenters. The average molecular weight is 158 g/mol. The number of aliphatic hydroxyl groups is 1. The predicted octanol–water partition coefficient (Wildman–Crippen LogP) is 0.731. The maximum Gasteiger partial charge on any atom is 0.126 e. The van der Waals surface area contributed by atoms with Gasteiger partial charge >= 0.3 is 0 Å². The van der Waals surface area contributed by atoms with Crippen molar-refractivity contribution >= 4 is 0 Å². The van der Waals surface area contributed by atoms with Crippen molar-refractivity contribution < 1.29 is 9.50 Å². The Bertz CT molecular complexity index is 227. The minimum absolute atomic E-state index is 0.396. The second-order valence-electron chi connectivity index (χ2n) is 2.50. The number of nitrogens with zero attached hydrogens (tertiary/aromatic N) is 2. The first-order valence-corrected chi connectivity index (χ1v) is 3.39. The van der Waals surface area contributed by atoms with Crippen molar-refractivity contribution in [1.82, 2.24) is 9.78 Å². The molecular formula is C7H11FN2O. The summed E-state index contributed by atoms with van der Waals surface area (Å²) < 4.78 is 13.5. The molecule has 0 bridgehead atoms. The molecule has 1 aromatic rings. The Morgan fingerprint density at radius 2 is 2.45 bits per heavy atom. The zero-order valence-electron chi connectivity index (χ0n) is 6.58. The molecule has 1 heterocycles. The molecule has 0 aliphatic heterocycles. The van der Waals surface area contributed by atoms with Crippen LogP contribution in [0.25, 0.3) is 0 Å². The van der Waals surface area contributed by atoms with Crippen molar-refractivity contribution in [3.8, 4) is 0 Å². The van der Waals surface area contributed by atoms with Gasteiger partial charge in [0.05, 0.1) is 5.69 Å². The highest BCUT2D eigenvalue weighted by Gasteiger charge is 2.10. The van der Waals surface area contributed by atoms with Gasteiger partial charge in [0.25, 0.3) is 0 Å². The molecule has 0 spiro atoms. The number of aromatic nitrogens is 2. The van der Waals surface area contributed by atoms with Crippen molar-refractivity contribution in [2.75, 3.05) is 6.67 Å². The van der Waals surface area contributed by atoms with Crippen LogP contribution in [0.5, 0.6) is 0 Å². The third-order valence-corrected chi connectivity index (χ3v) is 1.62. The summed E-state index contributed by atoms with van der Waals surface area (Å²) in [6, 6.07) is 1.67. The molecule has 0 fully saturated rings. The number of aryl methyl sites for hydroxylation is 2. The minimum Gasteiger partial charge on any atom is -0.384 e. The third-order valence-electron chi connectivity index (χ3n) is 1.62. The predicted molar refractivity (Wildman–Crippen MR) is 38.9 cm³/mol. The number of alkyl halides is 1. The fraction of sp³-hybridized carbons (Fsp3) is 0.571. The summed E-state index contributed by atoms with van der Waals surface area (Å²) in [4.78, 5) is 0. The molecule has 1 N–H and O–H groups in total. The topological polar surface area (TPSA) is 38.1 Å². The molecule has 1 rings (SSSR count). The summed E-state index contributed by atoms with van der Waals surface area (Å²) in [6.45, 7) is 1.07. The first kappa shape index (κ1) is 8.20. The van der Waals surface area contributed by atoms with Gasteiger partial charge < -0.3 is 5.11 Å². The van der Waals surface area contributed by atoms with Gasteiger partial charge in [0.15, 0.2) is 0 Å². The molecule has 0 aliphatic rings. The Labute approximate surface area is 64.5 Å². The smallest absolute Gasteiger partial charge is 0.126 e. The van der Waals surface area contributed by atoms with Crippen LogP contribution in [0.2, 0.25) is 0 Å². The molecule has 1 aromatic heterocycles. The number of rotatable bonds is 2. The number of hydrogen-bond donors (Lipinski definition) is 1. The van der Waals surface area contributed by atoms with Crippen molar-refractivity contribution in [2.45, 2.75) is 13.0 Å². The van der Waals surface area contributed by atoms with Crippen LogP contribution in [0.3, 0.4) is 0 Å². The van der Waals surface area contributed by atoms with Crippen molar-refractivity contribution in [3.63, 3.8) is 0 Å². The summed E-state index contributed by atoms with van der Waals surface area (Å²) in [6.07, 6.45) is -1.07. The summed E-state index contributed by atoms with van der Waals surface area (Å²) in [7, 11) is 1.75. The van der Waals surface area contributed by atoms with Gasteiger partial charge in [0.1, 0.15) is 12.8 Å². The fourth-order valence-electron chi connectivity index (χ4n) is 0.830. The second kappa shape index (κ2) is 3.00. The summed E-state index contributed by atoms with van der Waals surface area (Å²) in [5.41, 5.74) is 1.31. The van der Waals surface area contributed by atoms with Gasteiger partial charge in [0, 0.05) is 12.7 Å². The molecule has 0 aromatic carbocycles. The SMILES string of the molecule is Cc1cc(C(O)CF)nn1C. The molecule has 4 heteroatoms. The molecule has 0 amide bonds. The van der Waals surface area contributed by atoms with Crippen LogP contribution in [0.4, 0.5) is 4.39 Å². The molecular weight excluding hydrogens is 147 g/mol. The van der Waals surface area contributed by atoms with Gasteiger partial charge in [-0.1, -0.05) is 0 Å². The van der Waals surface area contributed by atoms with Crippen LogP contribution < -0.4 is 0 Å². The lowest BCUT2D eigenvalue weighted by Crippen LogP contribution is -2.01. The zero-order chi connectivity index (χ0) is 8.43. The normalized spacial score (nSPS) is 13.5. The van der Waals surface area contributed by atoms with Crippen LogP contribution in [-0.2, 0) is 7.05 Å². The molecule has 3 nitrogen and oxygen atoms in total. The van der Waals surface area contributed by atoms with E-state index in [0.29, 0.717) is 5.69 Å². The Balaban J connectivity index is 2.88. The van der Waals surface area contributed by atoms with Crippen molar-refractivity contribution in [2.24, 2.45) is 7.05 Å².